The molecule has 1 aliphatic heterocycles. The second-order valence-corrected chi connectivity index (χ2v) is 8.04. The van der Waals surface area contributed by atoms with Gasteiger partial charge in [0, 0.05) is 23.7 Å². The van der Waals surface area contributed by atoms with Gasteiger partial charge in [0.2, 0.25) is 10.0 Å². The second kappa shape index (κ2) is 5.94. The minimum Gasteiger partial charge on any atom is -0.545 e. The lowest BCUT2D eigenvalue weighted by Gasteiger charge is -2.34. The van der Waals surface area contributed by atoms with Gasteiger partial charge in [0.15, 0.2) is 0 Å². The van der Waals surface area contributed by atoms with Crippen molar-refractivity contribution in [3.63, 3.8) is 0 Å². The van der Waals surface area contributed by atoms with E-state index in [2.05, 4.69) is 0 Å². The molecule has 116 valence electrons. The first kappa shape index (κ1) is 16.3. The summed E-state index contributed by atoms with van der Waals surface area (Å²) >= 11 is 5.74. The number of nitrogens with zero attached hydrogens (tertiary/aromatic N) is 1. The molecule has 1 aromatic rings. The van der Waals surface area contributed by atoms with Crippen LogP contribution in [0.25, 0.3) is 0 Å². The Bertz CT molecular complexity index is 649. The second-order valence-electron chi connectivity index (χ2n) is 5.70. The van der Waals surface area contributed by atoms with E-state index in [-0.39, 0.29) is 27.3 Å². The van der Waals surface area contributed by atoms with E-state index in [1.165, 1.54) is 16.4 Å². The number of piperidine rings is 1. The van der Waals surface area contributed by atoms with Gasteiger partial charge in [-0.2, -0.15) is 4.31 Å². The van der Waals surface area contributed by atoms with Gasteiger partial charge in [-0.15, -0.1) is 0 Å². The summed E-state index contributed by atoms with van der Waals surface area (Å²) in [5.41, 5.74) is -0.309. The summed E-state index contributed by atoms with van der Waals surface area (Å²) in [6.45, 7) is 4.89. The highest BCUT2D eigenvalue weighted by Crippen LogP contribution is 2.28. The van der Waals surface area contributed by atoms with Crippen molar-refractivity contribution in [1.29, 1.82) is 0 Å². The Hall–Kier alpha value is -1.11. The number of halogens is 1. The minimum atomic E-state index is -3.72. The number of carbonyl (C=O) groups is 1. The molecular weight excluding hydrogens is 314 g/mol. The van der Waals surface area contributed by atoms with E-state index in [1.807, 2.05) is 13.8 Å². The van der Waals surface area contributed by atoms with Gasteiger partial charge in [0.25, 0.3) is 0 Å². The smallest absolute Gasteiger partial charge is 0.243 e. The normalized spacial score (nSPS) is 24.0. The lowest BCUT2D eigenvalue weighted by Crippen LogP contribution is -2.42. The molecule has 0 unspecified atom stereocenters. The van der Waals surface area contributed by atoms with Crippen LogP contribution in [0.2, 0.25) is 5.02 Å². The van der Waals surface area contributed by atoms with Crippen LogP contribution in [-0.4, -0.2) is 31.8 Å². The number of hydrogen-bond acceptors (Lipinski definition) is 4. The van der Waals surface area contributed by atoms with Gasteiger partial charge < -0.3 is 9.90 Å². The zero-order valence-electron chi connectivity index (χ0n) is 11.9. The topological polar surface area (TPSA) is 77.5 Å². The van der Waals surface area contributed by atoms with Crippen molar-refractivity contribution < 1.29 is 18.3 Å². The zero-order chi connectivity index (χ0) is 15.8. The van der Waals surface area contributed by atoms with Gasteiger partial charge in [-0.3, -0.25) is 0 Å². The summed E-state index contributed by atoms with van der Waals surface area (Å²) in [7, 11) is -3.72. The molecule has 5 nitrogen and oxygen atoms in total. The predicted molar refractivity (Wildman–Crippen MR) is 77.5 cm³/mol. The van der Waals surface area contributed by atoms with Crippen molar-refractivity contribution in [3.05, 3.63) is 28.8 Å². The maximum absolute atomic E-state index is 12.6. The Kier molecular flexibility index (Phi) is 4.60. The lowest BCUT2D eigenvalue weighted by molar-refractivity contribution is -0.255. The number of carboxylic acid groups (broad SMARTS) is 1. The van der Waals surface area contributed by atoms with Crippen LogP contribution in [0.15, 0.2) is 23.1 Å². The predicted octanol–water partition coefficient (Wildman–Crippen LogP) is 1.37. The van der Waals surface area contributed by atoms with Crippen molar-refractivity contribution in [1.82, 2.24) is 4.31 Å². The first-order chi connectivity index (χ1) is 9.71. The van der Waals surface area contributed by atoms with Crippen LogP contribution in [-0.2, 0) is 10.0 Å². The Morgan fingerprint density at radius 3 is 2.38 bits per heavy atom. The Balaban J connectivity index is 2.40. The fourth-order valence-corrected chi connectivity index (χ4v) is 4.67. The van der Waals surface area contributed by atoms with Crippen LogP contribution in [0.3, 0.4) is 0 Å². The summed E-state index contributed by atoms with van der Waals surface area (Å²) in [5, 5.41) is 10.9. The van der Waals surface area contributed by atoms with E-state index in [0.29, 0.717) is 13.1 Å². The van der Waals surface area contributed by atoms with Crippen molar-refractivity contribution in [2.24, 2.45) is 11.8 Å². The maximum Gasteiger partial charge on any atom is 0.243 e. The average Bonchev–Trinajstić information content (AvgIpc) is 2.37. The Morgan fingerprint density at radius 1 is 1.29 bits per heavy atom. The molecule has 0 aromatic heterocycles. The van der Waals surface area contributed by atoms with Gasteiger partial charge in [-0.1, -0.05) is 25.4 Å². The molecular formula is C14H17ClNO4S-. The third kappa shape index (κ3) is 3.39. The molecule has 7 heteroatoms. The molecule has 2 atom stereocenters. The summed E-state index contributed by atoms with van der Waals surface area (Å²) in [4.78, 5) is 10.9. The molecule has 0 spiro atoms. The average molecular weight is 331 g/mol. The number of sulfonamides is 1. The SMILES string of the molecule is C[C@@H]1C[C@@H](C)CN(S(=O)(=O)c2ccc(Cl)c(C(=O)[O-])c2)C1. The zero-order valence-corrected chi connectivity index (χ0v) is 13.4. The van der Waals surface area contributed by atoms with Crippen molar-refractivity contribution >= 4 is 27.6 Å². The van der Waals surface area contributed by atoms with Gasteiger partial charge >= 0.3 is 0 Å². The van der Waals surface area contributed by atoms with E-state index in [0.717, 1.165) is 12.5 Å². The number of rotatable bonds is 3. The van der Waals surface area contributed by atoms with Crippen LogP contribution in [0, 0.1) is 11.8 Å². The van der Waals surface area contributed by atoms with E-state index >= 15 is 0 Å². The van der Waals surface area contributed by atoms with E-state index in [9.17, 15) is 18.3 Å². The van der Waals surface area contributed by atoms with Crippen molar-refractivity contribution in [3.8, 4) is 0 Å². The highest BCUT2D eigenvalue weighted by molar-refractivity contribution is 7.89. The highest BCUT2D eigenvalue weighted by atomic mass is 35.5. The number of carbonyl (C=O) groups excluding carboxylic acids is 1. The molecule has 1 heterocycles. The van der Waals surface area contributed by atoms with Crippen LogP contribution < -0.4 is 5.11 Å². The molecule has 0 N–H and O–H groups in total. The molecule has 2 rings (SSSR count). The summed E-state index contributed by atoms with van der Waals surface area (Å²) in [6, 6.07) is 3.67. The molecule has 0 radical (unpaired) electrons. The van der Waals surface area contributed by atoms with Crippen LogP contribution in [0.4, 0.5) is 0 Å². The Morgan fingerprint density at radius 2 is 1.86 bits per heavy atom. The van der Waals surface area contributed by atoms with Crippen LogP contribution in [0.1, 0.15) is 30.6 Å². The van der Waals surface area contributed by atoms with Gasteiger partial charge in [0.1, 0.15) is 0 Å². The summed E-state index contributed by atoms with van der Waals surface area (Å²) in [6.07, 6.45) is 0.983. The largest absolute Gasteiger partial charge is 0.545 e. The molecule has 0 bridgehead atoms. The molecule has 0 aliphatic carbocycles. The van der Waals surface area contributed by atoms with Crippen LogP contribution >= 0.6 is 11.6 Å². The molecule has 1 aliphatic rings. The van der Waals surface area contributed by atoms with Crippen LogP contribution in [0.5, 0.6) is 0 Å². The highest BCUT2D eigenvalue weighted by Gasteiger charge is 2.31. The molecule has 1 fully saturated rings. The monoisotopic (exact) mass is 330 g/mol. The molecule has 21 heavy (non-hydrogen) atoms. The number of benzene rings is 1. The minimum absolute atomic E-state index is 0.0330. The fourth-order valence-electron chi connectivity index (χ4n) is 2.77. The van der Waals surface area contributed by atoms with Crippen molar-refractivity contribution in [2.45, 2.75) is 25.2 Å². The number of aromatic carboxylic acids is 1. The Labute approximate surface area is 129 Å². The third-order valence-electron chi connectivity index (χ3n) is 3.63. The number of hydrogen-bond donors (Lipinski definition) is 0. The van der Waals surface area contributed by atoms with E-state index in [1.54, 1.807) is 0 Å². The van der Waals surface area contributed by atoms with Crippen molar-refractivity contribution in [2.75, 3.05) is 13.1 Å². The lowest BCUT2D eigenvalue weighted by atomic mass is 9.94. The van der Waals surface area contributed by atoms with E-state index < -0.39 is 16.0 Å². The molecule has 0 saturated carbocycles. The number of carboxylic acids is 1. The first-order valence-electron chi connectivity index (χ1n) is 6.73. The quantitative estimate of drug-likeness (QED) is 0.838. The molecule has 0 amide bonds. The fraction of sp³-hybridized carbons (Fsp3) is 0.500. The van der Waals surface area contributed by atoms with E-state index in [4.69, 9.17) is 11.6 Å². The van der Waals surface area contributed by atoms with Gasteiger partial charge in [0.05, 0.1) is 10.9 Å². The van der Waals surface area contributed by atoms with Gasteiger partial charge in [-0.05, 0) is 36.5 Å². The standard InChI is InChI=1S/C14H18ClNO4S/c1-9-5-10(2)8-16(7-9)21(19,20)11-3-4-13(15)12(6-11)14(17)18/h3-4,6,9-10H,5,7-8H2,1-2H3,(H,17,18)/p-1/t9-,10-/m1/s1. The first-order valence-corrected chi connectivity index (χ1v) is 8.54. The molecule has 1 saturated heterocycles. The summed E-state index contributed by atoms with van der Waals surface area (Å²) < 4.78 is 26.7. The van der Waals surface area contributed by atoms with Gasteiger partial charge in [-0.25, -0.2) is 8.42 Å². The third-order valence-corrected chi connectivity index (χ3v) is 5.79. The molecule has 1 aromatic carbocycles. The summed E-state index contributed by atoms with van der Waals surface area (Å²) in [5.74, 6) is -0.940. The maximum atomic E-state index is 12.6.